The molecule has 0 amide bonds. The van der Waals surface area contributed by atoms with Gasteiger partial charge in [-0.15, -0.1) is 0 Å². The number of nitrogens with one attached hydrogen (secondary N) is 2. The third-order valence-electron chi connectivity index (χ3n) is 3.87. The summed E-state index contributed by atoms with van der Waals surface area (Å²) in [6.07, 6.45) is -2.42. The van der Waals surface area contributed by atoms with Gasteiger partial charge in [0.05, 0.1) is 10.6 Å². The first-order chi connectivity index (χ1) is 11.8. The lowest BCUT2D eigenvalue weighted by Crippen LogP contribution is -2.48. The molecule has 0 radical (unpaired) electrons. The van der Waals surface area contributed by atoms with Crippen molar-refractivity contribution in [3.63, 3.8) is 0 Å². The van der Waals surface area contributed by atoms with E-state index < -0.39 is 23.0 Å². The molecular formula is C14H13ClF3N5O2. The Labute approximate surface area is 144 Å². The lowest BCUT2D eigenvalue weighted by Gasteiger charge is -2.36. The van der Waals surface area contributed by atoms with Gasteiger partial charge in [-0.2, -0.15) is 13.2 Å². The van der Waals surface area contributed by atoms with E-state index in [-0.39, 0.29) is 10.8 Å². The first-order valence-corrected chi connectivity index (χ1v) is 7.68. The fraction of sp³-hybridized carbons (Fsp3) is 0.357. The zero-order chi connectivity index (χ0) is 18.2. The van der Waals surface area contributed by atoms with Crippen LogP contribution in [0.3, 0.4) is 0 Å². The highest BCUT2D eigenvalue weighted by atomic mass is 35.5. The highest BCUT2D eigenvalue weighted by Crippen LogP contribution is 2.33. The Kier molecular flexibility index (Phi) is 4.46. The summed E-state index contributed by atoms with van der Waals surface area (Å²) in [6, 6.07) is 0.850. The molecule has 3 rings (SSSR count). The molecule has 2 N–H and O–H groups in total. The lowest BCUT2D eigenvalue weighted by atomic mass is 10.2. The molecule has 0 atom stereocenters. The van der Waals surface area contributed by atoms with Gasteiger partial charge in [0, 0.05) is 38.6 Å². The van der Waals surface area contributed by atoms with Crippen LogP contribution < -0.4 is 21.0 Å². The van der Waals surface area contributed by atoms with Crippen molar-refractivity contribution in [2.24, 2.45) is 0 Å². The molecule has 25 heavy (non-hydrogen) atoms. The Morgan fingerprint density at radius 1 is 1.12 bits per heavy atom. The van der Waals surface area contributed by atoms with Crippen molar-refractivity contribution in [1.82, 2.24) is 15.0 Å². The highest BCUT2D eigenvalue weighted by molar-refractivity contribution is 6.33. The zero-order valence-electron chi connectivity index (χ0n) is 12.7. The molecule has 0 aliphatic carbocycles. The number of nitrogens with zero attached hydrogens (tertiary/aromatic N) is 3. The van der Waals surface area contributed by atoms with Gasteiger partial charge in [-0.3, -0.25) is 9.78 Å². The Morgan fingerprint density at radius 3 is 2.32 bits per heavy atom. The topological polar surface area (TPSA) is 85.1 Å². The van der Waals surface area contributed by atoms with Gasteiger partial charge in [-0.1, -0.05) is 11.6 Å². The van der Waals surface area contributed by atoms with Crippen molar-refractivity contribution in [3.8, 4) is 0 Å². The SMILES string of the molecule is O=c1[nH]cc(N2CCN(c3ncc(C(F)(F)F)cc3Cl)CC2)c(=O)[nH]1. The van der Waals surface area contributed by atoms with Gasteiger partial charge < -0.3 is 14.8 Å². The van der Waals surface area contributed by atoms with Crippen LogP contribution in [-0.4, -0.2) is 41.1 Å². The summed E-state index contributed by atoms with van der Waals surface area (Å²) in [6.45, 7) is 1.68. The predicted octanol–water partition coefficient (Wildman–Crippen LogP) is 1.46. The molecule has 7 nitrogen and oxygen atoms in total. The van der Waals surface area contributed by atoms with Crippen LogP contribution in [-0.2, 0) is 6.18 Å². The van der Waals surface area contributed by atoms with Gasteiger partial charge in [0.1, 0.15) is 11.5 Å². The molecule has 1 fully saturated rings. The number of hydrogen-bond acceptors (Lipinski definition) is 5. The van der Waals surface area contributed by atoms with Crippen LogP contribution in [0.1, 0.15) is 5.56 Å². The van der Waals surface area contributed by atoms with Gasteiger partial charge in [-0.05, 0) is 6.07 Å². The minimum atomic E-state index is -4.50. The van der Waals surface area contributed by atoms with Crippen LogP contribution in [0.2, 0.25) is 5.02 Å². The van der Waals surface area contributed by atoms with Crippen LogP contribution in [0, 0.1) is 0 Å². The van der Waals surface area contributed by atoms with Crippen LogP contribution in [0.5, 0.6) is 0 Å². The average Bonchev–Trinajstić information content (AvgIpc) is 2.54. The fourth-order valence-corrected chi connectivity index (χ4v) is 2.90. The van der Waals surface area contributed by atoms with E-state index in [1.54, 1.807) is 9.80 Å². The summed E-state index contributed by atoms with van der Waals surface area (Å²) < 4.78 is 38.0. The molecule has 1 saturated heterocycles. The Balaban J connectivity index is 1.74. The molecule has 2 aromatic heterocycles. The van der Waals surface area contributed by atoms with Crippen LogP contribution in [0.25, 0.3) is 0 Å². The van der Waals surface area contributed by atoms with E-state index in [0.29, 0.717) is 31.9 Å². The van der Waals surface area contributed by atoms with E-state index in [1.807, 2.05) is 0 Å². The second-order valence-electron chi connectivity index (χ2n) is 5.46. The molecular weight excluding hydrogens is 363 g/mol. The smallest absolute Gasteiger partial charge is 0.362 e. The fourth-order valence-electron chi connectivity index (χ4n) is 2.62. The molecule has 134 valence electrons. The van der Waals surface area contributed by atoms with Crippen LogP contribution in [0.15, 0.2) is 28.0 Å². The van der Waals surface area contributed by atoms with Crippen LogP contribution >= 0.6 is 11.6 Å². The van der Waals surface area contributed by atoms with E-state index in [1.165, 1.54) is 6.20 Å². The molecule has 0 aromatic carbocycles. The third-order valence-corrected chi connectivity index (χ3v) is 4.15. The van der Waals surface area contributed by atoms with E-state index in [4.69, 9.17) is 11.6 Å². The van der Waals surface area contributed by atoms with Gasteiger partial charge >= 0.3 is 11.9 Å². The maximum absolute atomic E-state index is 12.7. The number of H-pyrrole nitrogens is 2. The van der Waals surface area contributed by atoms with Crippen molar-refractivity contribution >= 4 is 23.1 Å². The van der Waals surface area contributed by atoms with Crippen molar-refractivity contribution in [2.75, 3.05) is 36.0 Å². The first-order valence-electron chi connectivity index (χ1n) is 7.30. The molecule has 3 heterocycles. The minimum Gasteiger partial charge on any atom is -0.362 e. The second kappa shape index (κ2) is 6.43. The number of aromatic nitrogens is 3. The molecule has 0 unspecified atom stereocenters. The van der Waals surface area contributed by atoms with Gasteiger partial charge in [0.2, 0.25) is 0 Å². The minimum absolute atomic E-state index is 0.0786. The normalized spacial score (nSPS) is 15.5. The van der Waals surface area contributed by atoms with Crippen molar-refractivity contribution < 1.29 is 13.2 Å². The molecule has 0 bridgehead atoms. The number of aromatic amines is 2. The Hall–Kier alpha value is -2.49. The maximum atomic E-state index is 12.7. The van der Waals surface area contributed by atoms with Crippen molar-refractivity contribution in [2.45, 2.75) is 6.18 Å². The predicted molar refractivity (Wildman–Crippen MR) is 86.4 cm³/mol. The highest BCUT2D eigenvalue weighted by Gasteiger charge is 2.32. The first kappa shape index (κ1) is 17.3. The largest absolute Gasteiger partial charge is 0.417 e. The van der Waals surface area contributed by atoms with E-state index in [2.05, 4.69) is 15.0 Å². The number of rotatable bonds is 2. The van der Waals surface area contributed by atoms with Crippen molar-refractivity contribution in [3.05, 3.63) is 49.9 Å². The Bertz CT molecular complexity index is 887. The average molecular weight is 376 g/mol. The maximum Gasteiger partial charge on any atom is 0.417 e. The third kappa shape index (κ3) is 3.63. The number of pyridine rings is 1. The van der Waals surface area contributed by atoms with E-state index in [9.17, 15) is 22.8 Å². The summed E-state index contributed by atoms with van der Waals surface area (Å²) in [4.78, 5) is 34.8. The number of alkyl halides is 3. The lowest BCUT2D eigenvalue weighted by molar-refractivity contribution is -0.137. The standard InChI is InChI=1S/C14H13ClF3N5O2/c15-9-5-8(14(16,17)18)6-19-11(9)23-3-1-22(2-4-23)10-7-20-13(25)21-12(10)24/h5-7H,1-4H2,(H2,20,21,24,25). The van der Waals surface area contributed by atoms with Crippen molar-refractivity contribution in [1.29, 1.82) is 0 Å². The van der Waals surface area contributed by atoms with Gasteiger partial charge in [-0.25, -0.2) is 9.78 Å². The number of halogens is 4. The quantitative estimate of drug-likeness (QED) is 0.830. The van der Waals surface area contributed by atoms with E-state index >= 15 is 0 Å². The summed E-state index contributed by atoms with van der Waals surface area (Å²) >= 11 is 5.95. The summed E-state index contributed by atoms with van der Waals surface area (Å²) in [7, 11) is 0. The van der Waals surface area contributed by atoms with Gasteiger partial charge in [0.15, 0.2) is 0 Å². The molecule has 11 heteroatoms. The second-order valence-corrected chi connectivity index (χ2v) is 5.87. The van der Waals surface area contributed by atoms with Gasteiger partial charge in [0.25, 0.3) is 5.56 Å². The molecule has 1 aliphatic heterocycles. The Morgan fingerprint density at radius 2 is 1.76 bits per heavy atom. The molecule has 2 aromatic rings. The molecule has 0 spiro atoms. The summed E-state index contributed by atoms with van der Waals surface area (Å²) in [5.74, 6) is 0.268. The van der Waals surface area contributed by atoms with E-state index in [0.717, 1.165) is 12.3 Å². The number of piperazine rings is 1. The molecule has 1 aliphatic rings. The van der Waals surface area contributed by atoms with Crippen LogP contribution in [0.4, 0.5) is 24.7 Å². The zero-order valence-corrected chi connectivity index (χ0v) is 13.5. The number of anilines is 2. The summed E-state index contributed by atoms with van der Waals surface area (Å²) in [5.41, 5.74) is -1.67. The molecule has 0 saturated carbocycles. The monoisotopic (exact) mass is 375 g/mol. The number of hydrogen-bond donors (Lipinski definition) is 2. The summed E-state index contributed by atoms with van der Waals surface area (Å²) in [5, 5.41) is -0.0786.